The minimum Gasteiger partial charge on any atom is -0.365 e. The van der Waals surface area contributed by atoms with Gasteiger partial charge in [-0.1, -0.05) is 11.6 Å². The molecule has 0 radical (unpaired) electrons. The third-order valence-electron chi connectivity index (χ3n) is 5.22. The lowest BCUT2D eigenvalue weighted by molar-refractivity contribution is 0.287. The Bertz CT molecular complexity index is 1060. The molecule has 2 unspecified atom stereocenters. The molecule has 10 heteroatoms. The molecule has 0 amide bonds. The predicted molar refractivity (Wildman–Crippen MR) is 96.9 cm³/mol. The van der Waals surface area contributed by atoms with E-state index in [-0.39, 0.29) is 10.6 Å². The van der Waals surface area contributed by atoms with Crippen molar-refractivity contribution in [3.63, 3.8) is 0 Å². The summed E-state index contributed by atoms with van der Waals surface area (Å²) in [4.78, 5) is 25.2. The van der Waals surface area contributed by atoms with Crippen LogP contribution in [0.1, 0.15) is 12.1 Å². The van der Waals surface area contributed by atoms with Crippen molar-refractivity contribution in [1.82, 2.24) is 29.4 Å². The van der Waals surface area contributed by atoms with Crippen molar-refractivity contribution in [2.24, 2.45) is 7.05 Å². The number of hydrogen-bond acceptors (Lipinski definition) is 7. The fourth-order valence-electron chi connectivity index (χ4n) is 4.00. The summed E-state index contributed by atoms with van der Waals surface area (Å²) in [6, 6.07) is 2.69. The Kier molecular flexibility index (Phi) is 3.24. The number of aryl methyl sites for hydroxylation is 2. The Hall–Kier alpha value is -2.68. The van der Waals surface area contributed by atoms with Crippen LogP contribution in [0, 0.1) is 6.92 Å². The van der Waals surface area contributed by atoms with Gasteiger partial charge in [-0.25, -0.2) is 9.67 Å². The second-order valence-corrected chi connectivity index (χ2v) is 7.23. The van der Waals surface area contributed by atoms with Crippen molar-refractivity contribution in [3.05, 3.63) is 39.7 Å². The predicted octanol–water partition coefficient (Wildman–Crippen LogP) is 0.647. The molecule has 3 aromatic rings. The van der Waals surface area contributed by atoms with Gasteiger partial charge in [0.25, 0.3) is 11.3 Å². The molecule has 3 aliphatic rings. The van der Waals surface area contributed by atoms with Crippen LogP contribution in [0.3, 0.4) is 0 Å². The highest BCUT2D eigenvalue weighted by Gasteiger charge is 2.46. The first kappa shape index (κ1) is 15.6. The van der Waals surface area contributed by atoms with Crippen LogP contribution in [0.25, 0.3) is 5.78 Å². The average molecular weight is 373 g/mol. The van der Waals surface area contributed by atoms with E-state index in [1.807, 2.05) is 13.0 Å². The molecule has 6 heterocycles. The number of piperazine rings is 1. The standard InChI is InChI=1S/C16H17ClN8O/c1-9-3-13(25-16(21-9)18-8-20-25)24-10-4-11(24)7-23(6-10)12-5-19-22(2)15(26)14(12)17/h3,5,8,10-11H,4,6-7H2,1-2H3. The maximum atomic E-state index is 12.1. The SMILES string of the molecule is Cc1cc(N2C3CC2CN(c2cnn(C)c(=O)c2Cl)C3)n2ncnc2n1. The Balaban J connectivity index is 1.47. The lowest BCUT2D eigenvalue weighted by Gasteiger charge is -2.57. The molecule has 2 bridgehead atoms. The van der Waals surface area contributed by atoms with E-state index in [9.17, 15) is 4.79 Å². The largest absolute Gasteiger partial charge is 0.365 e. The van der Waals surface area contributed by atoms with Gasteiger partial charge in [0.2, 0.25) is 0 Å². The number of hydrogen-bond donors (Lipinski definition) is 0. The summed E-state index contributed by atoms with van der Waals surface area (Å²) in [5.74, 6) is 1.62. The Morgan fingerprint density at radius 1 is 1.23 bits per heavy atom. The highest BCUT2D eigenvalue weighted by molar-refractivity contribution is 6.33. The lowest BCUT2D eigenvalue weighted by Crippen LogP contribution is -2.69. The van der Waals surface area contributed by atoms with Crippen molar-refractivity contribution >= 4 is 28.9 Å². The maximum Gasteiger partial charge on any atom is 0.287 e. The van der Waals surface area contributed by atoms with E-state index in [0.717, 1.165) is 31.0 Å². The topological polar surface area (TPSA) is 84.5 Å². The molecular weight excluding hydrogens is 356 g/mol. The third-order valence-corrected chi connectivity index (χ3v) is 5.57. The van der Waals surface area contributed by atoms with Crippen LogP contribution in [0.5, 0.6) is 0 Å². The molecule has 3 fully saturated rings. The van der Waals surface area contributed by atoms with Crippen LogP contribution in [-0.4, -0.2) is 54.5 Å². The Labute approximate surface area is 153 Å². The van der Waals surface area contributed by atoms with Crippen molar-refractivity contribution in [1.29, 1.82) is 0 Å². The number of halogens is 1. The first-order chi connectivity index (χ1) is 12.5. The molecule has 0 aliphatic carbocycles. The molecule has 0 saturated carbocycles. The fraction of sp³-hybridized carbons (Fsp3) is 0.438. The van der Waals surface area contributed by atoms with Gasteiger partial charge >= 0.3 is 0 Å². The van der Waals surface area contributed by atoms with Crippen LogP contribution in [0.15, 0.2) is 23.4 Å². The summed E-state index contributed by atoms with van der Waals surface area (Å²) in [6.45, 7) is 3.52. The monoisotopic (exact) mass is 372 g/mol. The number of nitrogens with zero attached hydrogens (tertiary/aromatic N) is 8. The summed E-state index contributed by atoms with van der Waals surface area (Å²) in [5, 5.41) is 8.66. The molecule has 9 nitrogen and oxygen atoms in total. The molecule has 6 rings (SSSR count). The van der Waals surface area contributed by atoms with Crippen molar-refractivity contribution in [2.45, 2.75) is 25.4 Å². The summed E-state index contributed by atoms with van der Waals surface area (Å²) >= 11 is 6.27. The van der Waals surface area contributed by atoms with E-state index < -0.39 is 0 Å². The second kappa shape index (κ2) is 5.41. The molecule has 0 N–H and O–H groups in total. The van der Waals surface area contributed by atoms with E-state index in [1.54, 1.807) is 17.8 Å². The number of anilines is 2. The number of fused-ring (bicyclic) bond motifs is 3. The molecule has 3 saturated heterocycles. The van der Waals surface area contributed by atoms with Gasteiger partial charge in [-0.3, -0.25) is 4.79 Å². The van der Waals surface area contributed by atoms with Gasteiger partial charge in [0.1, 0.15) is 17.2 Å². The van der Waals surface area contributed by atoms with Gasteiger partial charge in [0.15, 0.2) is 0 Å². The Morgan fingerprint density at radius 2 is 2.00 bits per heavy atom. The van der Waals surface area contributed by atoms with E-state index in [1.165, 1.54) is 11.0 Å². The fourth-order valence-corrected chi connectivity index (χ4v) is 4.29. The van der Waals surface area contributed by atoms with E-state index >= 15 is 0 Å². The van der Waals surface area contributed by atoms with Crippen LogP contribution in [-0.2, 0) is 7.05 Å². The molecule has 0 aromatic carbocycles. The molecule has 2 atom stereocenters. The zero-order valence-corrected chi connectivity index (χ0v) is 15.1. The van der Waals surface area contributed by atoms with Crippen molar-refractivity contribution < 1.29 is 0 Å². The van der Waals surface area contributed by atoms with E-state index in [0.29, 0.717) is 23.5 Å². The van der Waals surface area contributed by atoms with Crippen LogP contribution < -0.4 is 15.4 Å². The minimum absolute atomic E-state index is 0.230. The minimum atomic E-state index is -0.269. The van der Waals surface area contributed by atoms with Crippen molar-refractivity contribution in [2.75, 3.05) is 22.9 Å². The summed E-state index contributed by atoms with van der Waals surface area (Å²) in [6.07, 6.45) is 4.30. The maximum absolute atomic E-state index is 12.1. The first-order valence-electron chi connectivity index (χ1n) is 8.45. The van der Waals surface area contributed by atoms with Crippen LogP contribution in [0.4, 0.5) is 11.5 Å². The van der Waals surface area contributed by atoms with Crippen molar-refractivity contribution in [3.8, 4) is 0 Å². The zero-order valence-electron chi connectivity index (χ0n) is 14.4. The first-order valence-corrected chi connectivity index (χ1v) is 8.83. The Morgan fingerprint density at radius 3 is 2.77 bits per heavy atom. The molecule has 3 aliphatic heterocycles. The van der Waals surface area contributed by atoms with Gasteiger partial charge in [0.05, 0.1) is 24.0 Å². The number of piperidine rings is 1. The molecule has 134 valence electrons. The summed E-state index contributed by atoms with van der Waals surface area (Å²) < 4.78 is 3.04. The van der Waals surface area contributed by atoms with E-state index in [4.69, 9.17) is 11.6 Å². The summed E-state index contributed by atoms with van der Waals surface area (Å²) in [7, 11) is 1.60. The molecule has 0 spiro atoms. The molecule has 26 heavy (non-hydrogen) atoms. The molecular formula is C16H17ClN8O. The van der Waals surface area contributed by atoms with Gasteiger partial charge in [-0.2, -0.15) is 19.7 Å². The van der Waals surface area contributed by atoms with E-state index in [2.05, 4.69) is 30.0 Å². The quantitative estimate of drug-likeness (QED) is 0.652. The average Bonchev–Trinajstić information content (AvgIpc) is 3.08. The normalized spacial score (nSPS) is 22.0. The number of aromatic nitrogens is 6. The van der Waals surface area contributed by atoms with Gasteiger partial charge in [-0.15, -0.1) is 0 Å². The highest BCUT2D eigenvalue weighted by atomic mass is 35.5. The van der Waals surface area contributed by atoms with Crippen LogP contribution in [0.2, 0.25) is 5.02 Å². The third kappa shape index (κ3) is 2.13. The second-order valence-electron chi connectivity index (χ2n) is 6.86. The van der Waals surface area contributed by atoms with Gasteiger partial charge < -0.3 is 9.80 Å². The highest BCUT2D eigenvalue weighted by Crippen LogP contribution is 2.39. The smallest absolute Gasteiger partial charge is 0.287 e. The van der Waals surface area contributed by atoms with Crippen LogP contribution >= 0.6 is 11.6 Å². The zero-order chi connectivity index (χ0) is 18.0. The van der Waals surface area contributed by atoms with Gasteiger partial charge in [-0.05, 0) is 13.3 Å². The van der Waals surface area contributed by atoms with Gasteiger partial charge in [0, 0.05) is 31.9 Å². The molecule has 3 aromatic heterocycles. The number of rotatable bonds is 2. The summed E-state index contributed by atoms with van der Waals surface area (Å²) in [5.41, 5.74) is 1.36. The lowest BCUT2D eigenvalue weighted by atomic mass is 9.87.